The van der Waals surface area contributed by atoms with E-state index in [4.69, 9.17) is 0 Å². The molecule has 0 aliphatic heterocycles. The maximum absolute atomic E-state index is 12.8. The standard InChI is InChI=1S/C15H24FN3O2S/c1-3-17-15(18-10-4-12-22(2,20)21)19-11-9-13-5-7-14(16)8-6-13/h5-8H,3-4,9-12H2,1-2H3,(H2,17,18,19). The van der Waals surface area contributed by atoms with Crippen molar-refractivity contribution in [1.82, 2.24) is 10.6 Å². The summed E-state index contributed by atoms with van der Waals surface area (Å²) in [5.74, 6) is 0.571. The third-order valence-corrected chi connectivity index (χ3v) is 3.94. The molecule has 2 N–H and O–H groups in total. The predicted molar refractivity (Wildman–Crippen MR) is 88.4 cm³/mol. The maximum Gasteiger partial charge on any atom is 0.191 e. The summed E-state index contributed by atoms with van der Waals surface area (Å²) >= 11 is 0. The van der Waals surface area contributed by atoms with Crippen LogP contribution in [0.1, 0.15) is 18.9 Å². The van der Waals surface area contributed by atoms with Gasteiger partial charge in [-0.15, -0.1) is 0 Å². The molecule has 0 radical (unpaired) electrons. The van der Waals surface area contributed by atoms with Crippen molar-refractivity contribution in [3.63, 3.8) is 0 Å². The fourth-order valence-electron chi connectivity index (χ4n) is 1.84. The zero-order chi connectivity index (χ0) is 16.4. The van der Waals surface area contributed by atoms with Gasteiger partial charge in [0, 0.05) is 25.9 Å². The van der Waals surface area contributed by atoms with Crippen LogP contribution in [-0.2, 0) is 16.3 Å². The Bertz CT molecular complexity index is 571. The highest BCUT2D eigenvalue weighted by atomic mass is 32.2. The van der Waals surface area contributed by atoms with Crippen molar-refractivity contribution < 1.29 is 12.8 Å². The summed E-state index contributed by atoms with van der Waals surface area (Å²) in [5, 5.41) is 6.28. The largest absolute Gasteiger partial charge is 0.357 e. The number of nitrogens with one attached hydrogen (secondary N) is 2. The molecule has 0 aliphatic rings. The van der Waals surface area contributed by atoms with Crippen molar-refractivity contribution >= 4 is 15.8 Å². The molecule has 5 nitrogen and oxygen atoms in total. The molecule has 124 valence electrons. The number of hydrogen-bond donors (Lipinski definition) is 2. The second kappa shape index (κ2) is 9.40. The number of guanidine groups is 1. The van der Waals surface area contributed by atoms with Crippen LogP contribution >= 0.6 is 0 Å². The van der Waals surface area contributed by atoms with Crippen molar-refractivity contribution in [2.24, 2.45) is 4.99 Å². The first kappa shape index (κ1) is 18.4. The van der Waals surface area contributed by atoms with Gasteiger partial charge in [-0.3, -0.25) is 4.99 Å². The summed E-state index contributed by atoms with van der Waals surface area (Å²) < 4.78 is 34.9. The van der Waals surface area contributed by atoms with Gasteiger partial charge < -0.3 is 10.6 Å². The smallest absolute Gasteiger partial charge is 0.191 e. The Labute approximate surface area is 132 Å². The molecule has 0 fully saturated rings. The number of nitrogens with zero attached hydrogens (tertiary/aromatic N) is 1. The highest BCUT2D eigenvalue weighted by Crippen LogP contribution is 2.02. The van der Waals surface area contributed by atoms with Crippen LogP contribution in [0.4, 0.5) is 4.39 Å². The van der Waals surface area contributed by atoms with Crippen LogP contribution in [0.15, 0.2) is 29.3 Å². The molecule has 0 spiro atoms. The van der Waals surface area contributed by atoms with Crippen LogP contribution in [0.2, 0.25) is 0 Å². The molecule has 0 atom stereocenters. The number of benzene rings is 1. The quantitative estimate of drug-likeness (QED) is 0.429. The van der Waals surface area contributed by atoms with Crippen molar-refractivity contribution in [1.29, 1.82) is 0 Å². The van der Waals surface area contributed by atoms with Crippen LogP contribution < -0.4 is 10.6 Å². The Kier molecular flexibility index (Phi) is 7.87. The lowest BCUT2D eigenvalue weighted by atomic mass is 10.1. The molecule has 0 unspecified atom stereocenters. The first-order valence-electron chi connectivity index (χ1n) is 7.35. The van der Waals surface area contributed by atoms with E-state index in [1.54, 1.807) is 12.1 Å². The van der Waals surface area contributed by atoms with E-state index in [2.05, 4.69) is 15.6 Å². The van der Waals surface area contributed by atoms with Gasteiger partial charge in [-0.05, 0) is 37.5 Å². The van der Waals surface area contributed by atoms with E-state index in [-0.39, 0.29) is 11.6 Å². The molecule has 0 aliphatic carbocycles. The third kappa shape index (κ3) is 8.61. The van der Waals surface area contributed by atoms with Crippen LogP contribution in [0.5, 0.6) is 0 Å². The average Bonchev–Trinajstić information content (AvgIpc) is 2.44. The predicted octanol–water partition coefficient (Wildman–Crippen LogP) is 1.36. The van der Waals surface area contributed by atoms with Crippen LogP contribution in [0, 0.1) is 5.82 Å². The number of sulfone groups is 1. The SMILES string of the molecule is CCNC(=NCCCS(C)(=O)=O)NCCc1ccc(F)cc1. The first-order valence-corrected chi connectivity index (χ1v) is 9.41. The van der Waals surface area contributed by atoms with E-state index in [0.717, 1.165) is 18.5 Å². The molecular formula is C15H24FN3O2S. The summed E-state index contributed by atoms with van der Waals surface area (Å²) in [6, 6.07) is 6.40. The van der Waals surface area contributed by atoms with Gasteiger partial charge in [-0.2, -0.15) is 0 Å². The highest BCUT2D eigenvalue weighted by Gasteiger charge is 2.02. The molecule has 1 aromatic carbocycles. The second-order valence-electron chi connectivity index (χ2n) is 5.05. The van der Waals surface area contributed by atoms with Crippen molar-refractivity contribution in [2.45, 2.75) is 19.8 Å². The van der Waals surface area contributed by atoms with Gasteiger partial charge in [0.1, 0.15) is 15.7 Å². The van der Waals surface area contributed by atoms with Gasteiger partial charge in [0.05, 0.1) is 5.75 Å². The van der Waals surface area contributed by atoms with E-state index >= 15 is 0 Å². The van der Waals surface area contributed by atoms with Gasteiger partial charge >= 0.3 is 0 Å². The summed E-state index contributed by atoms with van der Waals surface area (Å²) in [7, 11) is -2.93. The van der Waals surface area contributed by atoms with E-state index in [1.807, 2.05) is 6.92 Å². The fourth-order valence-corrected chi connectivity index (χ4v) is 2.49. The van der Waals surface area contributed by atoms with E-state index in [9.17, 15) is 12.8 Å². The fraction of sp³-hybridized carbons (Fsp3) is 0.533. The minimum absolute atomic E-state index is 0.144. The Balaban J connectivity index is 2.38. The molecular weight excluding hydrogens is 305 g/mol. The zero-order valence-electron chi connectivity index (χ0n) is 13.1. The van der Waals surface area contributed by atoms with E-state index in [1.165, 1.54) is 18.4 Å². The Morgan fingerprint density at radius 2 is 1.91 bits per heavy atom. The molecule has 0 amide bonds. The van der Waals surface area contributed by atoms with Crippen LogP contribution in [0.25, 0.3) is 0 Å². The summed E-state index contributed by atoms with van der Waals surface area (Å²) in [6.07, 6.45) is 2.49. The summed E-state index contributed by atoms with van der Waals surface area (Å²) in [6.45, 7) is 3.82. The Morgan fingerprint density at radius 1 is 1.23 bits per heavy atom. The lowest BCUT2D eigenvalue weighted by Crippen LogP contribution is -2.38. The second-order valence-corrected chi connectivity index (χ2v) is 7.31. The van der Waals surface area contributed by atoms with Crippen molar-refractivity contribution in [3.05, 3.63) is 35.6 Å². The third-order valence-electron chi connectivity index (χ3n) is 2.91. The normalized spacial score (nSPS) is 12.2. The maximum atomic E-state index is 12.8. The summed E-state index contributed by atoms with van der Waals surface area (Å²) in [5.41, 5.74) is 1.04. The molecule has 0 bridgehead atoms. The monoisotopic (exact) mass is 329 g/mol. The minimum atomic E-state index is -2.93. The van der Waals surface area contributed by atoms with Crippen LogP contribution in [-0.4, -0.2) is 46.0 Å². The summed E-state index contributed by atoms with van der Waals surface area (Å²) in [4.78, 5) is 4.33. The van der Waals surface area contributed by atoms with Gasteiger partial charge in [-0.1, -0.05) is 12.1 Å². The Hall–Kier alpha value is -1.63. The van der Waals surface area contributed by atoms with Gasteiger partial charge in [0.2, 0.25) is 0 Å². The first-order chi connectivity index (χ1) is 10.4. The number of halogens is 1. The Morgan fingerprint density at radius 3 is 2.50 bits per heavy atom. The molecule has 22 heavy (non-hydrogen) atoms. The topological polar surface area (TPSA) is 70.6 Å². The minimum Gasteiger partial charge on any atom is -0.357 e. The average molecular weight is 329 g/mol. The molecule has 1 rings (SSSR count). The van der Waals surface area contributed by atoms with Gasteiger partial charge in [-0.25, -0.2) is 12.8 Å². The molecule has 0 saturated heterocycles. The van der Waals surface area contributed by atoms with Crippen molar-refractivity contribution in [2.75, 3.05) is 31.6 Å². The molecule has 0 aromatic heterocycles. The molecule has 1 aromatic rings. The van der Waals surface area contributed by atoms with Crippen molar-refractivity contribution in [3.8, 4) is 0 Å². The lowest BCUT2D eigenvalue weighted by Gasteiger charge is -2.11. The van der Waals surface area contributed by atoms with E-state index in [0.29, 0.717) is 25.5 Å². The number of aliphatic imine (C=N–C) groups is 1. The number of rotatable bonds is 8. The zero-order valence-corrected chi connectivity index (χ0v) is 13.9. The van der Waals surface area contributed by atoms with E-state index < -0.39 is 9.84 Å². The number of hydrogen-bond acceptors (Lipinski definition) is 3. The molecule has 7 heteroatoms. The molecule has 0 saturated carbocycles. The van der Waals surface area contributed by atoms with Gasteiger partial charge in [0.25, 0.3) is 0 Å². The van der Waals surface area contributed by atoms with Crippen LogP contribution in [0.3, 0.4) is 0 Å². The highest BCUT2D eigenvalue weighted by molar-refractivity contribution is 7.90. The molecule has 0 heterocycles. The lowest BCUT2D eigenvalue weighted by molar-refractivity contribution is 0.599. The van der Waals surface area contributed by atoms with Gasteiger partial charge in [0.15, 0.2) is 5.96 Å².